The number of methoxy groups -OCH3 is 1. The largest absolute Gasteiger partial charge is 0.493 e. The average molecular weight is 268 g/mol. The van der Waals surface area contributed by atoms with E-state index in [0.29, 0.717) is 42.5 Å². The fourth-order valence-corrected chi connectivity index (χ4v) is 1.84. The molecule has 0 unspecified atom stereocenters. The van der Waals surface area contributed by atoms with Gasteiger partial charge in [-0.2, -0.15) is 0 Å². The molecule has 1 aromatic rings. The lowest BCUT2D eigenvalue weighted by atomic mass is 10.1. The van der Waals surface area contributed by atoms with Crippen LogP contribution in [0.1, 0.15) is 18.9 Å². The zero-order chi connectivity index (χ0) is 13.4. The van der Waals surface area contributed by atoms with E-state index >= 15 is 0 Å². The zero-order valence-corrected chi connectivity index (χ0v) is 11.5. The van der Waals surface area contributed by atoms with Crippen LogP contribution in [0.3, 0.4) is 0 Å². The van der Waals surface area contributed by atoms with Gasteiger partial charge in [-0.15, -0.1) is 11.8 Å². The van der Waals surface area contributed by atoms with E-state index in [2.05, 4.69) is 11.8 Å². The number of halogens is 1. The van der Waals surface area contributed by atoms with Gasteiger partial charge in [-0.1, -0.05) is 11.6 Å². The van der Waals surface area contributed by atoms with Crippen molar-refractivity contribution in [2.24, 2.45) is 5.73 Å². The van der Waals surface area contributed by atoms with Gasteiger partial charge in [-0.3, -0.25) is 0 Å². The third-order valence-electron chi connectivity index (χ3n) is 2.38. The summed E-state index contributed by atoms with van der Waals surface area (Å²) in [5, 5.41) is 0.621. The summed E-state index contributed by atoms with van der Waals surface area (Å²) >= 11 is 6.02. The molecule has 0 fully saturated rings. The Labute approximate surface area is 113 Å². The maximum absolute atomic E-state index is 6.02. The molecule has 0 aliphatic heterocycles. The molecule has 0 saturated heterocycles. The second kappa shape index (κ2) is 7.86. The molecule has 98 valence electrons. The highest BCUT2D eigenvalue weighted by atomic mass is 35.5. The van der Waals surface area contributed by atoms with Gasteiger partial charge in [0.25, 0.3) is 0 Å². The van der Waals surface area contributed by atoms with Crippen molar-refractivity contribution in [1.82, 2.24) is 0 Å². The fourth-order valence-electron chi connectivity index (χ4n) is 1.61. The molecule has 0 atom stereocenters. The van der Waals surface area contributed by atoms with E-state index in [9.17, 15) is 0 Å². The molecular weight excluding hydrogens is 250 g/mol. The predicted octanol–water partition coefficient (Wildman–Crippen LogP) is 2.64. The Morgan fingerprint density at radius 3 is 2.78 bits per heavy atom. The zero-order valence-electron chi connectivity index (χ0n) is 10.8. The van der Waals surface area contributed by atoms with Gasteiger partial charge in [-0.25, -0.2) is 0 Å². The summed E-state index contributed by atoms with van der Waals surface area (Å²) in [6.45, 7) is 2.87. The maximum atomic E-state index is 6.02. The van der Waals surface area contributed by atoms with Gasteiger partial charge in [0.05, 0.1) is 13.7 Å². The minimum atomic E-state index is 0.524. The van der Waals surface area contributed by atoms with Crippen molar-refractivity contribution in [2.75, 3.05) is 20.3 Å². The van der Waals surface area contributed by atoms with Crippen LogP contribution in [-0.2, 0) is 6.42 Å². The van der Waals surface area contributed by atoms with Crippen molar-refractivity contribution in [3.8, 4) is 23.3 Å². The first-order chi connectivity index (χ1) is 8.72. The lowest BCUT2D eigenvalue weighted by molar-refractivity contribution is 0.298. The molecule has 0 amide bonds. The Kier molecular flexibility index (Phi) is 6.42. The van der Waals surface area contributed by atoms with E-state index in [4.69, 9.17) is 26.8 Å². The maximum Gasteiger partial charge on any atom is 0.164 e. The Balaban J connectivity index is 2.92. The molecule has 3 nitrogen and oxygen atoms in total. The first-order valence-electron chi connectivity index (χ1n) is 5.81. The average Bonchev–Trinajstić information content (AvgIpc) is 2.36. The van der Waals surface area contributed by atoms with Crippen LogP contribution in [0.5, 0.6) is 11.5 Å². The predicted molar refractivity (Wildman–Crippen MR) is 74.3 cm³/mol. The Hall–Kier alpha value is -1.37. The van der Waals surface area contributed by atoms with Gasteiger partial charge >= 0.3 is 0 Å². The monoisotopic (exact) mass is 267 g/mol. The third-order valence-corrected chi connectivity index (χ3v) is 2.60. The molecule has 0 aromatic heterocycles. The van der Waals surface area contributed by atoms with Gasteiger partial charge in [-0.05, 0) is 26.0 Å². The first kappa shape index (κ1) is 14.7. The van der Waals surface area contributed by atoms with Crippen LogP contribution in [0, 0.1) is 11.8 Å². The van der Waals surface area contributed by atoms with Crippen molar-refractivity contribution in [3.05, 3.63) is 22.7 Å². The minimum Gasteiger partial charge on any atom is -0.493 e. The second-order valence-corrected chi connectivity index (χ2v) is 4.10. The van der Waals surface area contributed by atoms with Crippen molar-refractivity contribution >= 4 is 11.6 Å². The molecule has 0 saturated carbocycles. The van der Waals surface area contributed by atoms with Crippen LogP contribution in [-0.4, -0.2) is 20.3 Å². The van der Waals surface area contributed by atoms with E-state index in [1.54, 1.807) is 13.2 Å². The summed E-state index contributed by atoms with van der Waals surface area (Å²) in [6.07, 6.45) is 1.38. The van der Waals surface area contributed by atoms with Gasteiger partial charge < -0.3 is 15.2 Å². The van der Waals surface area contributed by atoms with Crippen molar-refractivity contribution < 1.29 is 9.47 Å². The second-order valence-electron chi connectivity index (χ2n) is 3.66. The number of nitrogens with two attached hydrogens (primary N) is 1. The molecule has 18 heavy (non-hydrogen) atoms. The number of benzene rings is 1. The molecule has 0 spiro atoms. The summed E-state index contributed by atoms with van der Waals surface area (Å²) < 4.78 is 11.0. The molecule has 2 N–H and O–H groups in total. The molecule has 0 heterocycles. The van der Waals surface area contributed by atoms with Crippen LogP contribution >= 0.6 is 11.6 Å². The minimum absolute atomic E-state index is 0.524. The number of hydrogen-bond acceptors (Lipinski definition) is 3. The van der Waals surface area contributed by atoms with Crippen molar-refractivity contribution in [3.63, 3.8) is 0 Å². The van der Waals surface area contributed by atoms with Crippen LogP contribution in [0.4, 0.5) is 0 Å². The summed E-state index contributed by atoms with van der Waals surface area (Å²) in [5.41, 5.74) is 6.55. The van der Waals surface area contributed by atoms with E-state index in [1.807, 2.05) is 13.0 Å². The van der Waals surface area contributed by atoms with Gasteiger partial charge in [0, 0.05) is 23.1 Å². The Morgan fingerprint density at radius 1 is 1.39 bits per heavy atom. The normalized spacial score (nSPS) is 9.56. The van der Waals surface area contributed by atoms with E-state index in [0.717, 1.165) is 5.56 Å². The number of rotatable bonds is 6. The molecule has 4 heteroatoms. The third kappa shape index (κ3) is 4.14. The summed E-state index contributed by atoms with van der Waals surface area (Å²) in [7, 11) is 1.59. The Bertz CT molecular complexity index is 449. The smallest absolute Gasteiger partial charge is 0.164 e. The molecular formula is C14H18ClNO2. The first-order valence-corrected chi connectivity index (χ1v) is 6.19. The molecule has 0 bridgehead atoms. The quantitative estimate of drug-likeness (QED) is 0.637. The van der Waals surface area contributed by atoms with Gasteiger partial charge in [0.1, 0.15) is 0 Å². The lowest BCUT2D eigenvalue weighted by Gasteiger charge is -2.14. The van der Waals surface area contributed by atoms with Crippen LogP contribution in [0.15, 0.2) is 12.1 Å². The van der Waals surface area contributed by atoms with Gasteiger partial charge in [0.2, 0.25) is 0 Å². The molecule has 0 aliphatic carbocycles. The highest BCUT2D eigenvalue weighted by Gasteiger charge is 2.12. The summed E-state index contributed by atoms with van der Waals surface area (Å²) in [4.78, 5) is 0. The highest BCUT2D eigenvalue weighted by molar-refractivity contribution is 6.30. The molecule has 1 rings (SSSR count). The standard InChI is InChI=1S/C14H18ClNO2/c1-3-4-5-8-18-14-11(6-7-16)9-12(15)10-13(14)17-2/h9-10H,5-8,16H2,1-2H3. The molecule has 0 aliphatic rings. The van der Waals surface area contributed by atoms with Crippen LogP contribution < -0.4 is 15.2 Å². The van der Waals surface area contributed by atoms with Gasteiger partial charge in [0.15, 0.2) is 11.5 Å². The van der Waals surface area contributed by atoms with Crippen molar-refractivity contribution in [2.45, 2.75) is 19.8 Å². The van der Waals surface area contributed by atoms with E-state index in [1.165, 1.54) is 0 Å². The van der Waals surface area contributed by atoms with E-state index in [-0.39, 0.29) is 0 Å². The van der Waals surface area contributed by atoms with E-state index < -0.39 is 0 Å². The number of hydrogen-bond donors (Lipinski definition) is 1. The molecule has 1 aromatic carbocycles. The van der Waals surface area contributed by atoms with Crippen LogP contribution in [0.2, 0.25) is 5.02 Å². The SMILES string of the molecule is CC#CCCOc1c(CCN)cc(Cl)cc1OC. The fraction of sp³-hybridized carbons (Fsp3) is 0.429. The Morgan fingerprint density at radius 2 is 2.17 bits per heavy atom. The summed E-state index contributed by atoms with van der Waals surface area (Å²) in [5.74, 6) is 7.13. The number of ether oxygens (including phenoxy) is 2. The van der Waals surface area contributed by atoms with Crippen LogP contribution in [0.25, 0.3) is 0 Å². The summed E-state index contributed by atoms with van der Waals surface area (Å²) in [6, 6.07) is 3.60. The topological polar surface area (TPSA) is 44.5 Å². The highest BCUT2D eigenvalue weighted by Crippen LogP contribution is 2.35. The lowest BCUT2D eigenvalue weighted by Crippen LogP contribution is -2.07. The van der Waals surface area contributed by atoms with Crippen molar-refractivity contribution in [1.29, 1.82) is 0 Å². The molecule has 0 radical (unpaired) electrons.